The van der Waals surface area contributed by atoms with Gasteiger partial charge < -0.3 is 4.90 Å². The lowest BCUT2D eigenvalue weighted by Crippen LogP contribution is -2.54. The number of amides is 1. The molecule has 2 aliphatic rings. The van der Waals surface area contributed by atoms with Crippen LogP contribution in [0.25, 0.3) is 0 Å². The van der Waals surface area contributed by atoms with Crippen LogP contribution in [0.15, 0.2) is 12.2 Å². The molecular formula is C14H25N3O3S. The standard InChI is InChI=1S/C14H25N3O3S/c1-12(2)11-21(19,20)17-9-7-16(8-10-17)14(18)13-5-4-6-15(13)3/h13H,1,4-11H2,2-3H3. The smallest absolute Gasteiger partial charge is 0.240 e. The Bertz CT molecular complexity index is 510. The molecule has 0 saturated carbocycles. The molecule has 2 rings (SSSR count). The van der Waals surface area contributed by atoms with Crippen LogP contribution in [0, 0.1) is 0 Å². The second-order valence-corrected chi connectivity index (χ2v) is 8.05. The van der Waals surface area contributed by atoms with Crippen LogP contribution in [-0.2, 0) is 14.8 Å². The molecule has 0 aromatic carbocycles. The highest BCUT2D eigenvalue weighted by atomic mass is 32.2. The van der Waals surface area contributed by atoms with E-state index in [0.717, 1.165) is 19.4 Å². The summed E-state index contributed by atoms with van der Waals surface area (Å²) < 4.78 is 25.7. The van der Waals surface area contributed by atoms with E-state index in [9.17, 15) is 13.2 Å². The summed E-state index contributed by atoms with van der Waals surface area (Å²) in [5.41, 5.74) is 0.640. The molecule has 0 aromatic heterocycles. The van der Waals surface area contributed by atoms with E-state index in [1.165, 1.54) is 4.31 Å². The first-order chi connectivity index (χ1) is 9.81. The Kier molecular flexibility index (Phi) is 5.06. The Labute approximate surface area is 127 Å². The average molecular weight is 315 g/mol. The first-order valence-electron chi connectivity index (χ1n) is 7.42. The minimum atomic E-state index is -3.28. The number of rotatable bonds is 4. The fraction of sp³-hybridized carbons (Fsp3) is 0.786. The van der Waals surface area contributed by atoms with Crippen LogP contribution in [0.1, 0.15) is 19.8 Å². The number of hydrogen-bond acceptors (Lipinski definition) is 4. The van der Waals surface area contributed by atoms with Gasteiger partial charge in [0.1, 0.15) is 0 Å². The van der Waals surface area contributed by atoms with Crippen molar-refractivity contribution in [2.75, 3.05) is 45.5 Å². The first kappa shape index (κ1) is 16.5. The number of sulfonamides is 1. The summed E-state index contributed by atoms with van der Waals surface area (Å²) in [5, 5.41) is 0. The van der Waals surface area contributed by atoms with Crippen molar-refractivity contribution in [3.05, 3.63) is 12.2 Å². The van der Waals surface area contributed by atoms with Gasteiger partial charge in [-0.25, -0.2) is 8.42 Å². The molecule has 0 N–H and O–H groups in total. The van der Waals surface area contributed by atoms with Crippen LogP contribution in [0.2, 0.25) is 0 Å². The van der Waals surface area contributed by atoms with Gasteiger partial charge in [0.15, 0.2) is 0 Å². The van der Waals surface area contributed by atoms with E-state index in [1.54, 1.807) is 11.8 Å². The van der Waals surface area contributed by atoms with Gasteiger partial charge in [-0.05, 0) is 33.4 Å². The predicted octanol–water partition coefficient (Wildman–Crippen LogP) is 0.131. The first-order valence-corrected chi connectivity index (χ1v) is 9.03. The molecule has 2 heterocycles. The largest absolute Gasteiger partial charge is 0.339 e. The van der Waals surface area contributed by atoms with Crippen molar-refractivity contribution in [3.63, 3.8) is 0 Å². The van der Waals surface area contributed by atoms with Crippen LogP contribution in [-0.4, -0.2) is 80.0 Å². The van der Waals surface area contributed by atoms with Crippen LogP contribution in [0.4, 0.5) is 0 Å². The fourth-order valence-corrected chi connectivity index (χ4v) is 4.55. The number of carbonyl (C=O) groups is 1. The lowest BCUT2D eigenvalue weighted by atomic mass is 10.2. The third kappa shape index (κ3) is 3.84. The minimum absolute atomic E-state index is 0.00763. The molecule has 6 nitrogen and oxygen atoms in total. The van der Waals surface area contributed by atoms with Gasteiger partial charge in [-0.3, -0.25) is 9.69 Å². The Hall–Kier alpha value is -0.920. The summed E-state index contributed by atoms with van der Waals surface area (Å²) in [4.78, 5) is 16.3. The molecule has 1 atom stereocenters. The molecule has 2 aliphatic heterocycles. The van der Waals surface area contributed by atoms with Gasteiger partial charge in [-0.2, -0.15) is 4.31 Å². The van der Waals surface area contributed by atoms with Gasteiger partial charge in [0.05, 0.1) is 11.8 Å². The lowest BCUT2D eigenvalue weighted by molar-refractivity contribution is -0.136. The summed E-state index contributed by atoms with van der Waals surface area (Å²) >= 11 is 0. The Morgan fingerprint density at radius 3 is 2.29 bits per heavy atom. The van der Waals surface area contributed by atoms with Crippen LogP contribution >= 0.6 is 0 Å². The zero-order chi connectivity index (χ0) is 15.6. The summed E-state index contributed by atoms with van der Waals surface area (Å²) in [6, 6.07) is -0.0245. The number of hydrogen-bond donors (Lipinski definition) is 0. The molecule has 1 amide bonds. The summed E-state index contributed by atoms with van der Waals surface area (Å²) in [5.74, 6) is 0.138. The van der Waals surface area contributed by atoms with E-state index in [4.69, 9.17) is 0 Å². The monoisotopic (exact) mass is 315 g/mol. The van der Waals surface area contributed by atoms with E-state index in [-0.39, 0.29) is 17.7 Å². The van der Waals surface area contributed by atoms with Crippen LogP contribution in [0.5, 0.6) is 0 Å². The molecule has 0 aliphatic carbocycles. The minimum Gasteiger partial charge on any atom is -0.339 e. The van der Waals surface area contributed by atoms with Crippen LogP contribution < -0.4 is 0 Å². The summed E-state index contributed by atoms with van der Waals surface area (Å²) in [6.07, 6.45) is 1.96. The summed E-state index contributed by atoms with van der Waals surface area (Å²) in [6.45, 7) is 8.08. The van der Waals surface area contributed by atoms with Crippen molar-refractivity contribution in [2.24, 2.45) is 0 Å². The average Bonchev–Trinajstić information content (AvgIpc) is 2.83. The lowest BCUT2D eigenvalue weighted by Gasteiger charge is -2.36. The number of likely N-dealkylation sites (N-methyl/N-ethyl adjacent to an activating group) is 1. The van der Waals surface area contributed by atoms with E-state index in [1.807, 2.05) is 7.05 Å². The van der Waals surface area contributed by atoms with Gasteiger partial charge in [0.25, 0.3) is 0 Å². The Morgan fingerprint density at radius 1 is 1.19 bits per heavy atom. The van der Waals surface area contributed by atoms with E-state index >= 15 is 0 Å². The molecular weight excluding hydrogens is 290 g/mol. The third-order valence-corrected chi connectivity index (χ3v) is 6.19. The zero-order valence-electron chi connectivity index (χ0n) is 12.9. The molecule has 21 heavy (non-hydrogen) atoms. The normalized spacial score (nSPS) is 25.2. The maximum Gasteiger partial charge on any atom is 0.240 e. The fourth-order valence-electron chi connectivity index (χ4n) is 3.02. The van der Waals surface area contributed by atoms with Gasteiger partial charge in [0.2, 0.25) is 15.9 Å². The van der Waals surface area contributed by atoms with Crippen molar-refractivity contribution in [3.8, 4) is 0 Å². The van der Waals surface area contributed by atoms with E-state index in [2.05, 4.69) is 11.5 Å². The van der Waals surface area contributed by atoms with Crippen molar-refractivity contribution in [1.29, 1.82) is 0 Å². The SMILES string of the molecule is C=C(C)CS(=O)(=O)N1CCN(C(=O)C2CCCN2C)CC1. The molecule has 120 valence electrons. The second kappa shape index (κ2) is 6.46. The predicted molar refractivity (Wildman–Crippen MR) is 82.4 cm³/mol. The number of carbonyl (C=O) groups excluding carboxylic acids is 1. The second-order valence-electron chi connectivity index (χ2n) is 6.08. The van der Waals surface area contributed by atoms with Crippen molar-refractivity contribution in [2.45, 2.75) is 25.8 Å². The van der Waals surface area contributed by atoms with E-state index in [0.29, 0.717) is 31.8 Å². The molecule has 0 spiro atoms. The molecule has 2 saturated heterocycles. The molecule has 0 radical (unpaired) electrons. The molecule has 0 bridgehead atoms. The van der Waals surface area contributed by atoms with Crippen LogP contribution in [0.3, 0.4) is 0 Å². The highest BCUT2D eigenvalue weighted by Crippen LogP contribution is 2.19. The highest BCUT2D eigenvalue weighted by Gasteiger charge is 2.34. The van der Waals surface area contributed by atoms with Gasteiger partial charge >= 0.3 is 0 Å². The maximum atomic E-state index is 12.4. The van der Waals surface area contributed by atoms with Crippen molar-refractivity contribution < 1.29 is 13.2 Å². The van der Waals surface area contributed by atoms with Gasteiger partial charge in [-0.15, -0.1) is 0 Å². The Balaban J connectivity index is 1.91. The molecule has 0 aromatic rings. The van der Waals surface area contributed by atoms with E-state index < -0.39 is 10.0 Å². The van der Waals surface area contributed by atoms with Crippen molar-refractivity contribution >= 4 is 15.9 Å². The van der Waals surface area contributed by atoms with Crippen molar-refractivity contribution in [1.82, 2.24) is 14.1 Å². The number of likely N-dealkylation sites (tertiary alicyclic amines) is 1. The molecule has 7 heteroatoms. The summed E-state index contributed by atoms with van der Waals surface area (Å²) in [7, 11) is -1.30. The topological polar surface area (TPSA) is 60.9 Å². The number of piperazine rings is 1. The highest BCUT2D eigenvalue weighted by molar-refractivity contribution is 7.89. The molecule has 1 unspecified atom stereocenters. The van der Waals surface area contributed by atoms with Gasteiger partial charge in [-0.1, -0.05) is 12.2 Å². The molecule has 2 fully saturated rings. The van der Waals surface area contributed by atoms with Gasteiger partial charge in [0, 0.05) is 26.2 Å². The maximum absolute atomic E-state index is 12.4. The number of nitrogens with zero attached hydrogens (tertiary/aromatic N) is 3. The zero-order valence-corrected chi connectivity index (χ0v) is 13.7. The third-order valence-electron chi connectivity index (χ3n) is 4.18. The quantitative estimate of drug-likeness (QED) is 0.692. The Morgan fingerprint density at radius 2 is 1.81 bits per heavy atom.